The van der Waals surface area contributed by atoms with Crippen LogP contribution in [0.3, 0.4) is 0 Å². The van der Waals surface area contributed by atoms with Gasteiger partial charge < -0.3 is 9.84 Å². The quantitative estimate of drug-likeness (QED) is 0.777. The molecule has 1 rings (SSSR count). The van der Waals surface area contributed by atoms with Crippen LogP contribution in [0.5, 0.6) is 0 Å². The normalized spacial score (nSPS) is 27.7. The van der Waals surface area contributed by atoms with Gasteiger partial charge in [0.25, 0.3) is 0 Å². The van der Waals surface area contributed by atoms with Crippen molar-refractivity contribution in [1.82, 2.24) is 4.90 Å². The molecule has 1 aliphatic rings. The van der Waals surface area contributed by atoms with Crippen LogP contribution in [0.15, 0.2) is 0 Å². The van der Waals surface area contributed by atoms with E-state index in [0.29, 0.717) is 0 Å². The lowest BCUT2D eigenvalue weighted by molar-refractivity contribution is -0.0961. The molecular weight excluding hydrogens is 204 g/mol. The van der Waals surface area contributed by atoms with Gasteiger partial charge in [-0.3, -0.25) is 4.90 Å². The first-order valence-corrected chi connectivity index (χ1v) is 5.87. The number of nitriles is 1. The molecular formula is C12H22N2O2. The summed E-state index contributed by atoms with van der Waals surface area (Å²) < 4.78 is 5.57. The van der Waals surface area contributed by atoms with Crippen LogP contribution in [0.2, 0.25) is 0 Å². The molecule has 0 amide bonds. The van der Waals surface area contributed by atoms with Crippen molar-refractivity contribution in [3.05, 3.63) is 0 Å². The first-order valence-electron chi connectivity index (χ1n) is 5.87. The Morgan fingerprint density at radius 2 is 2.19 bits per heavy atom. The van der Waals surface area contributed by atoms with Crippen LogP contribution < -0.4 is 0 Å². The lowest BCUT2D eigenvalue weighted by atomic mass is 9.91. The van der Waals surface area contributed by atoms with Gasteiger partial charge in [0.15, 0.2) is 0 Å². The Labute approximate surface area is 97.8 Å². The van der Waals surface area contributed by atoms with E-state index in [1.807, 2.05) is 20.8 Å². The zero-order valence-electron chi connectivity index (χ0n) is 10.4. The van der Waals surface area contributed by atoms with Gasteiger partial charge >= 0.3 is 0 Å². The number of hydrogen-bond acceptors (Lipinski definition) is 4. The third kappa shape index (κ3) is 4.09. The van der Waals surface area contributed by atoms with E-state index in [0.717, 1.165) is 26.1 Å². The first kappa shape index (κ1) is 13.4. The highest BCUT2D eigenvalue weighted by atomic mass is 16.5. The topological polar surface area (TPSA) is 56.5 Å². The van der Waals surface area contributed by atoms with Crippen molar-refractivity contribution in [2.75, 3.05) is 26.2 Å². The van der Waals surface area contributed by atoms with E-state index in [2.05, 4.69) is 11.0 Å². The van der Waals surface area contributed by atoms with E-state index in [4.69, 9.17) is 15.1 Å². The van der Waals surface area contributed by atoms with Crippen molar-refractivity contribution >= 4 is 0 Å². The standard InChI is InChI=1S/C12H22N2O2/c1-10-6-14(7-11(8-15)16-10)5-4-12(2,3)9-13/h10-11,15H,4-8H2,1-3H3. The number of morpholine rings is 1. The van der Waals surface area contributed by atoms with E-state index in [1.165, 1.54) is 0 Å². The number of aliphatic hydroxyl groups excluding tert-OH is 1. The SMILES string of the molecule is CC1CN(CCC(C)(C)C#N)CC(CO)O1. The molecule has 0 aromatic heterocycles. The average molecular weight is 226 g/mol. The second-order valence-electron chi connectivity index (χ2n) is 5.26. The minimum Gasteiger partial charge on any atom is -0.394 e. The van der Waals surface area contributed by atoms with Crippen LogP contribution in [0, 0.1) is 16.7 Å². The van der Waals surface area contributed by atoms with Crippen molar-refractivity contribution in [3.63, 3.8) is 0 Å². The molecule has 1 aliphatic heterocycles. The Bertz CT molecular complexity index is 260. The van der Waals surface area contributed by atoms with Crippen LogP contribution in [-0.4, -0.2) is 48.5 Å². The zero-order valence-corrected chi connectivity index (χ0v) is 10.4. The molecule has 92 valence electrons. The number of nitrogens with zero attached hydrogens (tertiary/aromatic N) is 2. The lowest BCUT2D eigenvalue weighted by Crippen LogP contribution is -2.48. The third-order valence-electron chi connectivity index (χ3n) is 2.96. The molecule has 0 bridgehead atoms. The molecule has 0 saturated carbocycles. The van der Waals surface area contributed by atoms with E-state index in [1.54, 1.807) is 0 Å². The minimum atomic E-state index is -0.268. The average Bonchev–Trinajstić information content (AvgIpc) is 2.26. The van der Waals surface area contributed by atoms with Crippen molar-refractivity contribution in [2.45, 2.75) is 39.4 Å². The number of rotatable bonds is 4. The van der Waals surface area contributed by atoms with Gasteiger partial charge in [-0.2, -0.15) is 5.26 Å². The zero-order chi connectivity index (χ0) is 12.2. The van der Waals surface area contributed by atoms with Gasteiger partial charge in [0.05, 0.1) is 30.3 Å². The van der Waals surface area contributed by atoms with Crippen LogP contribution in [0.25, 0.3) is 0 Å². The summed E-state index contributed by atoms with van der Waals surface area (Å²) in [5.41, 5.74) is -0.268. The highest BCUT2D eigenvalue weighted by Gasteiger charge is 2.26. The Morgan fingerprint density at radius 3 is 2.75 bits per heavy atom. The van der Waals surface area contributed by atoms with Crippen LogP contribution in [0.1, 0.15) is 27.2 Å². The Balaban J connectivity index is 2.40. The van der Waals surface area contributed by atoms with Crippen molar-refractivity contribution < 1.29 is 9.84 Å². The molecule has 0 aliphatic carbocycles. The lowest BCUT2D eigenvalue weighted by Gasteiger charge is -2.36. The summed E-state index contributed by atoms with van der Waals surface area (Å²) in [6, 6.07) is 2.31. The van der Waals surface area contributed by atoms with Crippen molar-refractivity contribution in [1.29, 1.82) is 5.26 Å². The Morgan fingerprint density at radius 1 is 1.50 bits per heavy atom. The van der Waals surface area contributed by atoms with E-state index < -0.39 is 0 Å². The smallest absolute Gasteiger partial charge is 0.0936 e. The van der Waals surface area contributed by atoms with Crippen LogP contribution in [-0.2, 0) is 4.74 Å². The van der Waals surface area contributed by atoms with E-state index in [-0.39, 0.29) is 24.2 Å². The molecule has 1 N–H and O–H groups in total. The monoisotopic (exact) mass is 226 g/mol. The molecule has 1 saturated heterocycles. The molecule has 1 heterocycles. The second-order valence-corrected chi connectivity index (χ2v) is 5.26. The summed E-state index contributed by atoms with van der Waals surface area (Å²) in [7, 11) is 0. The summed E-state index contributed by atoms with van der Waals surface area (Å²) in [6.45, 7) is 8.55. The molecule has 0 aromatic carbocycles. The van der Waals surface area contributed by atoms with Crippen molar-refractivity contribution in [2.24, 2.45) is 5.41 Å². The fourth-order valence-electron chi connectivity index (χ4n) is 1.92. The molecule has 1 fully saturated rings. The third-order valence-corrected chi connectivity index (χ3v) is 2.96. The number of aliphatic hydroxyl groups is 1. The maximum atomic E-state index is 9.10. The van der Waals surface area contributed by atoms with Gasteiger partial charge in [-0.1, -0.05) is 0 Å². The molecule has 0 radical (unpaired) electrons. The number of ether oxygens (including phenoxy) is 1. The number of hydrogen-bond donors (Lipinski definition) is 1. The van der Waals surface area contributed by atoms with Gasteiger partial charge in [-0.15, -0.1) is 0 Å². The van der Waals surface area contributed by atoms with E-state index >= 15 is 0 Å². The summed E-state index contributed by atoms with van der Waals surface area (Å²) in [4.78, 5) is 2.27. The molecule has 2 unspecified atom stereocenters. The van der Waals surface area contributed by atoms with Gasteiger partial charge in [0, 0.05) is 13.1 Å². The molecule has 0 spiro atoms. The summed E-state index contributed by atoms with van der Waals surface area (Å²) in [5, 5.41) is 18.0. The molecule has 0 aromatic rings. The molecule has 16 heavy (non-hydrogen) atoms. The van der Waals surface area contributed by atoms with E-state index in [9.17, 15) is 0 Å². The van der Waals surface area contributed by atoms with Crippen molar-refractivity contribution in [3.8, 4) is 6.07 Å². The molecule has 2 atom stereocenters. The largest absolute Gasteiger partial charge is 0.394 e. The molecule has 4 heteroatoms. The Kier molecular flexibility index (Phi) is 4.72. The summed E-state index contributed by atoms with van der Waals surface area (Å²) in [6.07, 6.45) is 0.944. The van der Waals surface area contributed by atoms with Gasteiger partial charge in [0.1, 0.15) is 0 Å². The van der Waals surface area contributed by atoms with Gasteiger partial charge in [-0.05, 0) is 33.7 Å². The van der Waals surface area contributed by atoms with Gasteiger partial charge in [0.2, 0.25) is 0 Å². The fourth-order valence-corrected chi connectivity index (χ4v) is 1.92. The fraction of sp³-hybridized carbons (Fsp3) is 0.917. The first-order chi connectivity index (χ1) is 7.46. The maximum Gasteiger partial charge on any atom is 0.0936 e. The summed E-state index contributed by atoms with van der Waals surface area (Å²) >= 11 is 0. The second kappa shape index (κ2) is 5.62. The minimum absolute atomic E-state index is 0.0719. The maximum absolute atomic E-state index is 9.10. The molecule has 4 nitrogen and oxygen atoms in total. The predicted octanol–water partition coefficient (Wildman–Crippen LogP) is 1.01. The van der Waals surface area contributed by atoms with Crippen LogP contribution >= 0.6 is 0 Å². The van der Waals surface area contributed by atoms with Gasteiger partial charge in [-0.25, -0.2) is 0 Å². The summed E-state index contributed by atoms with van der Waals surface area (Å²) in [5.74, 6) is 0. The highest BCUT2D eigenvalue weighted by molar-refractivity contribution is 4.92. The highest BCUT2D eigenvalue weighted by Crippen LogP contribution is 2.20. The Hall–Kier alpha value is -0.630. The van der Waals surface area contributed by atoms with Crippen LogP contribution in [0.4, 0.5) is 0 Å². The predicted molar refractivity (Wildman–Crippen MR) is 61.9 cm³/mol.